The van der Waals surface area contributed by atoms with Crippen LogP contribution in [0.1, 0.15) is 31.9 Å². The smallest absolute Gasteiger partial charge is 0.316 e. The fourth-order valence-electron chi connectivity index (χ4n) is 1.90. The molecule has 0 amide bonds. The number of halogens is 1. The normalized spacial score (nSPS) is 11.7. The molecule has 2 rings (SSSR count). The van der Waals surface area contributed by atoms with Gasteiger partial charge in [0.2, 0.25) is 0 Å². The van der Waals surface area contributed by atoms with Gasteiger partial charge in [0.25, 0.3) is 0 Å². The van der Waals surface area contributed by atoms with E-state index in [1.165, 1.54) is 0 Å². The van der Waals surface area contributed by atoms with Crippen molar-refractivity contribution >= 4 is 29.2 Å². The first-order valence-corrected chi connectivity index (χ1v) is 7.87. The first-order chi connectivity index (χ1) is 11.3. The van der Waals surface area contributed by atoms with Crippen LogP contribution in [0.25, 0.3) is 11.6 Å². The summed E-state index contributed by atoms with van der Waals surface area (Å²) in [5.74, 6) is 0.152. The topological polar surface area (TPSA) is 50.1 Å². The molecule has 0 aliphatic rings. The number of esters is 1. The maximum atomic E-state index is 12.0. The number of carbonyl (C=O) groups is 1. The lowest BCUT2D eigenvalue weighted by molar-refractivity contribution is -0.142. The number of hydrogen-bond acceptors (Lipinski definition) is 3. The van der Waals surface area contributed by atoms with E-state index >= 15 is 0 Å². The molecule has 2 aromatic rings. The van der Waals surface area contributed by atoms with Gasteiger partial charge in [-0.2, -0.15) is 5.26 Å². The Labute approximate surface area is 147 Å². The maximum absolute atomic E-state index is 12.0. The Bertz CT molecular complexity index is 809. The molecule has 0 atom stereocenters. The molecule has 0 heterocycles. The van der Waals surface area contributed by atoms with Gasteiger partial charge in [0.1, 0.15) is 5.75 Å². The second kappa shape index (κ2) is 7.33. The van der Waals surface area contributed by atoms with Crippen molar-refractivity contribution in [2.24, 2.45) is 5.41 Å². The van der Waals surface area contributed by atoms with Crippen LogP contribution in [0.5, 0.6) is 5.75 Å². The highest BCUT2D eigenvalue weighted by Crippen LogP contribution is 2.24. The van der Waals surface area contributed by atoms with E-state index in [9.17, 15) is 10.1 Å². The van der Waals surface area contributed by atoms with Crippen LogP contribution in [0.2, 0.25) is 5.02 Å². The van der Waals surface area contributed by atoms with Gasteiger partial charge in [0.05, 0.1) is 17.1 Å². The largest absolute Gasteiger partial charge is 0.426 e. The molecule has 3 nitrogen and oxygen atoms in total. The van der Waals surface area contributed by atoms with E-state index in [-0.39, 0.29) is 5.97 Å². The summed E-state index contributed by atoms with van der Waals surface area (Å²) in [6.45, 7) is 5.40. The molecular formula is C20H18ClNO2. The van der Waals surface area contributed by atoms with Gasteiger partial charge < -0.3 is 4.74 Å². The van der Waals surface area contributed by atoms with Gasteiger partial charge in [-0.25, -0.2) is 0 Å². The van der Waals surface area contributed by atoms with Crippen molar-refractivity contribution in [2.45, 2.75) is 20.8 Å². The third kappa shape index (κ3) is 4.71. The van der Waals surface area contributed by atoms with Gasteiger partial charge >= 0.3 is 5.97 Å². The fourth-order valence-corrected chi connectivity index (χ4v) is 2.03. The summed E-state index contributed by atoms with van der Waals surface area (Å²) in [6, 6.07) is 16.3. The van der Waals surface area contributed by atoms with E-state index in [2.05, 4.69) is 6.07 Å². The lowest BCUT2D eigenvalue weighted by Gasteiger charge is -2.16. The SMILES string of the molecule is CC(C)(C)C(=O)Oc1cccc(/C=C(/C#N)c2ccc(Cl)cc2)c1. The first kappa shape index (κ1) is 17.8. The Hall–Kier alpha value is -2.57. The molecule has 0 N–H and O–H groups in total. The molecule has 0 saturated heterocycles. The standard InChI is InChI=1S/C20H18ClNO2/c1-20(2,3)19(23)24-18-6-4-5-14(12-18)11-16(13-22)15-7-9-17(21)10-8-15/h4-12H,1-3H3/b16-11-. The van der Waals surface area contributed by atoms with Crippen molar-refractivity contribution in [2.75, 3.05) is 0 Å². The summed E-state index contributed by atoms with van der Waals surface area (Å²) in [5.41, 5.74) is 1.48. The molecule has 24 heavy (non-hydrogen) atoms. The van der Waals surface area contributed by atoms with Crippen molar-refractivity contribution in [3.63, 3.8) is 0 Å². The Morgan fingerprint density at radius 3 is 2.42 bits per heavy atom. The average Bonchev–Trinajstić information content (AvgIpc) is 2.53. The molecule has 0 aromatic heterocycles. The summed E-state index contributed by atoms with van der Waals surface area (Å²) in [6.07, 6.45) is 1.75. The first-order valence-electron chi connectivity index (χ1n) is 7.50. The number of hydrogen-bond donors (Lipinski definition) is 0. The van der Waals surface area contributed by atoms with Crippen LogP contribution in [-0.4, -0.2) is 5.97 Å². The maximum Gasteiger partial charge on any atom is 0.316 e. The van der Waals surface area contributed by atoms with Gasteiger partial charge in [-0.15, -0.1) is 0 Å². The zero-order chi connectivity index (χ0) is 17.7. The third-order valence-electron chi connectivity index (χ3n) is 3.27. The molecule has 4 heteroatoms. The second-order valence-electron chi connectivity index (χ2n) is 6.39. The highest BCUT2D eigenvalue weighted by molar-refractivity contribution is 6.30. The van der Waals surface area contributed by atoms with E-state index in [4.69, 9.17) is 16.3 Å². The van der Waals surface area contributed by atoms with Gasteiger partial charge in [-0.05, 0) is 62.2 Å². The number of nitriles is 1. The minimum Gasteiger partial charge on any atom is -0.426 e. The van der Waals surface area contributed by atoms with E-state index in [0.717, 1.165) is 11.1 Å². The van der Waals surface area contributed by atoms with Gasteiger partial charge in [0, 0.05) is 5.02 Å². The summed E-state index contributed by atoms with van der Waals surface area (Å²) < 4.78 is 5.39. The minimum atomic E-state index is -0.576. The van der Waals surface area contributed by atoms with Crippen LogP contribution in [0.3, 0.4) is 0 Å². The predicted molar refractivity (Wildman–Crippen MR) is 96.5 cm³/mol. The van der Waals surface area contributed by atoms with Crippen LogP contribution in [0.15, 0.2) is 48.5 Å². The van der Waals surface area contributed by atoms with E-state index in [1.807, 2.05) is 6.07 Å². The summed E-state index contributed by atoms with van der Waals surface area (Å²) in [4.78, 5) is 12.0. The van der Waals surface area contributed by atoms with Crippen molar-refractivity contribution < 1.29 is 9.53 Å². The van der Waals surface area contributed by atoms with Gasteiger partial charge in [-0.3, -0.25) is 4.79 Å². The van der Waals surface area contributed by atoms with Crippen LogP contribution in [-0.2, 0) is 4.79 Å². The van der Waals surface area contributed by atoms with Crippen LogP contribution in [0, 0.1) is 16.7 Å². The molecule has 0 unspecified atom stereocenters. The van der Waals surface area contributed by atoms with Crippen LogP contribution in [0.4, 0.5) is 0 Å². The minimum absolute atomic E-state index is 0.304. The van der Waals surface area contributed by atoms with Gasteiger partial charge in [-0.1, -0.05) is 35.9 Å². The molecule has 122 valence electrons. The highest BCUT2D eigenvalue weighted by Gasteiger charge is 2.23. The summed E-state index contributed by atoms with van der Waals surface area (Å²) >= 11 is 5.87. The number of ether oxygens (including phenoxy) is 1. The lowest BCUT2D eigenvalue weighted by Crippen LogP contribution is -2.25. The Morgan fingerprint density at radius 1 is 1.17 bits per heavy atom. The number of allylic oxidation sites excluding steroid dienone is 1. The Balaban J connectivity index is 2.29. The molecule has 0 aliphatic heterocycles. The Kier molecular flexibility index (Phi) is 5.43. The number of benzene rings is 2. The molecule has 0 spiro atoms. The average molecular weight is 340 g/mol. The highest BCUT2D eigenvalue weighted by atomic mass is 35.5. The number of rotatable bonds is 3. The van der Waals surface area contributed by atoms with Crippen molar-refractivity contribution in [3.05, 3.63) is 64.7 Å². The second-order valence-corrected chi connectivity index (χ2v) is 6.83. The molecule has 0 saturated carbocycles. The van der Waals surface area contributed by atoms with Crippen LogP contribution >= 0.6 is 11.6 Å². The quantitative estimate of drug-likeness (QED) is 0.327. The summed E-state index contributed by atoms with van der Waals surface area (Å²) in [7, 11) is 0. The van der Waals surface area contributed by atoms with Gasteiger partial charge in [0.15, 0.2) is 0 Å². The molecule has 0 radical (unpaired) electrons. The van der Waals surface area contributed by atoms with E-state index in [1.54, 1.807) is 69.3 Å². The predicted octanol–water partition coefficient (Wildman–Crippen LogP) is 5.36. The zero-order valence-electron chi connectivity index (χ0n) is 13.8. The summed E-state index contributed by atoms with van der Waals surface area (Å²) in [5, 5.41) is 10.0. The zero-order valence-corrected chi connectivity index (χ0v) is 14.6. The molecular weight excluding hydrogens is 322 g/mol. The molecule has 0 aliphatic carbocycles. The van der Waals surface area contributed by atoms with E-state index < -0.39 is 5.41 Å². The fraction of sp³-hybridized carbons (Fsp3) is 0.200. The Morgan fingerprint density at radius 2 is 1.83 bits per heavy atom. The van der Waals surface area contributed by atoms with Crippen molar-refractivity contribution in [1.29, 1.82) is 5.26 Å². The molecule has 0 fully saturated rings. The van der Waals surface area contributed by atoms with Crippen molar-refractivity contribution in [3.8, 4) is 11.8 Å². The third-order valence-corrected chi connectivity index (χ3v) is 3.52. The van der Waals surface area contributed by atoms with Crippen LogP contribution < -0.4 is 4.74 Å². The van der Waals surface area contributed by atoms with Crippen molar-refractivity contribution in [1.82, 2.24) is 0 Å². The number of nitrogens with zero attached hydrogens (tertiary/aromatic N) is 1. The molecule has 0 bridgehead atoms. The monoisotopic (exact) mass is 339 g/mol. The van der Waals surface area contributed by atoms with E-state index in [0.29, 0.717) is 16.3 Å². The molecule has 2 aromatic carbocycles. The lowest BCUT2D eigenvalue weighted by atomic mass is 9.97. The number of carbonyl (C=O) groups excluding carboxylic acids is 1.